The molecule has 3 heterocycles. The highest BCUT2D eigenvalue weighted by Gasteiger charge is 2.56. The van der Waals surface area contributed by atoms with Crippen LogP contribution in [0.1, 0.15) is 40.0 Å². The van der Waals surface area contributed by atoms with Crippen LogP contribution in [0.5, 0.6) is 0 Å². The summed E-state index contributed by atoms with van der Waals surface area (Å²) >= 11 is 0. The van der Waals surface area contributed by atoms with Gasteiger partial charge in [0.15, 0.2) is 6.29 Å². The number of aliphatic hydroxyl groups is 4. The Hall–Kier alpha value is -0.280. The molecule has 0 aromatic rings. The monoisotopic (exact) mass is 332 g/mol. The van der Waals surface area contributed by atoms with Crippen molar-refractivity contribution in [3.8, 4) is 0 Å². The average molecular weight is 332 g/mol. The first-order chi connectivity index (χ1) is 10.7. The smallest absolute Gasteiger partial charge is 0.187 e. The predicted octanol–water partition coefficient (Wildman–Crippen LogP) is -0.461. The van der Waals surface area contributed by atoms with Crippen LogP contribution in [-0.4, -0.2) is 75.0 Å². The molecule has 23 heavy (non-hydrogen) atoms. The van der Waals surface area contributed by atoms with Gasteiger partial charge in [0.2, 0.25) is 0 Å². The van der Waals surface area contributed by atoms with Crippen LogP contribution in [0.2, 0.25) is 0 Å². The lowest BCUT2D eigenvalue weighted by atomic mass is 9.67. The van der Waals surface area contributed by atoms with Crippen LogP contribution in [0.4, 0.5) is 0 Å². The van der Waals surface area contributed by atoms with Gasteiger partial charge in [-0.05, 0) is 46.0 Å². The quantitative estimate of drug-likeness (QED) is 0.554. The van der Waals surface area contributed by atoms with Crippen LogP contribution in [0.15, 0.2) is 0 Å². The van der Waals surface area contributed by atoms with Gasteiger partial charge in [-0.25, -0.2) is 0 Å². The minimum atomic E-state index is -1.42. The van der Waals surface area contributed by atoms with Crippen LogP contribution in [0.3, 0.4) is 0 Å². The zero-order valence-corrected chi connectivity index (χ0v) is 13.9. The van der Waals surface area contributed by atoms with Gasteiger partial charge >= 0.3 is 0 Å². The highest BCUT2D eigenvalue weighted by Crippen LogP contribution is 2.51. The van der Waals surface area contributed by atoms with Crippen molar-refractivity contribution in [1.29, 1.82) is 0 Å². The Kier molecular flexibility index (Phi) is 4.51. The molecule has 3 saturated heterocycles. The first-order valence-corrected chi connectivity index (χ1v) is 8.34. The maximum Gasteiger partial charge on any atom is 0.187 e. The molecule has 4 rings (SSSR count). The Balaban J connectivity index is 1.72. The number of hydrogen-bond donors (Lipinski definition) is 4. The molecule has 0 aromatic carbocycles. The topological polar surface area (TPSA) is 109 Å². The van der Waals surface area contributed by atoms with E-state index in [0.29, 0.717) is 5.92 Å². The Morgan fingerprint density at radius 3 is 2.35 bits per heavy atom. The average Bonchev–Trinajstić information content (AvgIpc) is 2.48. The minimum Gasteiger partial charge on any atom is -0.394 e. The molecule has 2 bridgehead atoms. The fourth-order valence-corrected chi connectivity index (χ4v) is 4.22. The minimum absolute atomic E-state index is 0.206. The van der Waals surface area contributed by atoms with E-state index in [2.05, 4.69) is 13.8 Å². The molecule has 4 N–H and O–H groups in total. The third-order valence-corrected chi connectivity index (χ3v) is 5.80. The molecule has 0 amide bonds. The fraction of sp³-hybridized carbons (Fsp3) is 1.00. The van der Waals surface area contributed by atoms with Crippen molar-refractivity contribution >= 4 is 0 Å². The summed E-state index contributed by atoms with van der Waals surface area (Å²) in [6, 6.07) is 0. The lowest BCUT2D eigenvalue weighted by Gasteiger charge is -2.58. The Morgan fingerprint density at radius 2 is 1.78 bits per heavy atom. The predicted molar refractivity (Wildman–Crippen MR) is 79.6 cm³/mol. The molecule has 0 unspecified atom stereocenters. The second-order valence-electron chi connectivity index (χ2n) is 7.81. The molecule has 0 spiro atoms. The number of rotatable bonds is 3. The molecule has 3 aliphatic heterocycles. The van der Waals surface area contributed by atoms with E-state index in [1.807, 2.05) is 6.92 Å². The molecular weight excluding hydrogens is 304 g/mol. The summed E-state index contributed by atoms with van der Waals surface area (Å²) in [4.78, 5) is 0. The normalized spacial score (nSPS) is 52.6. The molecule has 0 aromatic heterocycles. The van der Waals surface area contributed by atoms with Crippen LogP contribution in [0.25, 0.3) is 0 Å². The second kappa shape index (κ2) is 5.91. The van der Waals surface area contributed by atoms with Crippen molar-refractivity contribution in [2.24, 2.45) is 5.92 Å². The van der Waals surface area contributed by atoms with E-state index in [-0.39, 0.29) is 11.7 Å². The maximum absolute atomic E-state index is 10.1. The van der Waals surface area contributed by atoms with Gasteiger partial charge in [0.1, 0.15) is 24.4 Å². The van der Waals surface area contributed by atoms with Crippen LogP contribution < -0.4 is 0 Å². The van der Waals surface area contributed by atoms with Crippen molar-refractivity contribution in [2.45, 2.75) is 88.0 Å². The van der Waals surface area contributed by atoms with Crippen LogP contribution in [0, 0.1) is 5.92 Å². The number of ether oxygens (including phenoxy) is 3. The Labute approximate surface area is 136 Å². The fourth-order valence-electron chi connectivity index (χ4n) is 4.22. The van der Waals surface area contributed by atoms with Gasteiger partial charge in [-0.15, -0.1) is 0 Å². The molecule has 4 fully saturated rings. The summed E-state index contributed by atoms with van der Waals surface area (Å²) in [6.45, 7) is 5.70. The van der Waals surface area contributed by atoms with Crippen molar-refractivity contribution in [3.63, 3.8) is 0 Å². The van der Waals surface area contributed by atoms with Crippen molar-refractivity contribution < 1.29 is 34.6 Å². The van der Waals surface area contributed by atoms with E-state index in [1.54, 1.807) is 0 Å². The van der Waals surface area contributed by atoms with Gasteiger partial charge in [-0.3, -0.25) is 0 Å². The summed E-state index contributed by atoms with van der Waals surface area (Å²) in [5.74, 6) is 0.360. The molecule has 7 heteroatoms. The Morgan fingerprint density at radius 1 is 1.09 bits per heavy atom. The summed E-state index contributed by atoms with van der Waals surface area (Å²) < 4.78 is 17.6. The molecular formula is C16H28O7. The van der Waals surface area contributed by atoms with Gasteiger partial charge in [-0.2, -0.15) is 0 Å². The van der Waals surface area contributed by atoms with Gasteiger partial charge in [0, 0.05) is 0 Å². The van der Waals surface area contributed by atoms with Crippen molar-refractivity contribution in [1.82, 2.24) is 0 Å². The van der Waals surface area contributed by atoms with Gasteiger partial charge in [-0.1, -0.05) is 0 Å². The standard InChI is InChI=1S/C16H28O7/c1-15(2)8-4-5-16(3,23-15)10(6-8)22-14-13(20)12(19)11(18)9(7-17)21-14/h8-14,17-20H,4-7H2,1-3H3/t8-,9+,10-,11+,12-,13+,14-,16+/m1/s1. The number of hydrogen-bond acceptors (Lipinski definition) is 7. The lowest BCUT2D eigenvalue weighted by molar-refractivity contribution is -0.353. The zero-order chi connectivity index (χ0) is 17.0. The van der Waals surface area contributed by atoms with E-state index < -0.39 is 42.9 Å². The summed E-state index contributed by atoms with van der Waals surface area (Å²) in [7, 11) is 0. The molecule has 0 radical (unpaired) electrons. The third kappa shape index (κ3) is 2.93. The molecule has 7 nitrogen and oxygen atoms in total. The highest BCUT2D eigenvalue weighted by molar-refractivity contribution is 5.04. The van der Waals surface area contributed by atoms with Crippen LogP contribution in [-0.2, 0) is 14.2 Å². The van der Waals surface area contributed by atoms with E-state index in [4.69, 9.17) is 14.2 Å². The van der Waals surface area contributed by atoms with E-state index in [0.717, 1.165) is 19.3 Å². The SMILES string of the molecule is CC1(C)O[C@@]2(C)CC[C@@H]1C[C@H]2O[C@H]1O[C@@H](CO)[C@H](O)[C@@H](O)[C@@H]1O. The molecule has 1 aliphatic carbocycles. The molecule has 4 aliphatic rings. The van der Waals surface area contributed by atoms with Gasteiger partial charge in [0.05, 0.1) is 23.9 Å². The summed E-state index contributed by atoms with van der Waals surface area (Å²) in [6.07, 6.45) is -3.76. The zero-order valence-electron chi connectivity index (χ0n) is 13.9. The van der Waals surface area contributed by atoms with E-state index in [1.165, 1.54) is 0 Å². The summed E-state index contributed by atoms with van der Waals surface area (Å²) in [5, 5.41) is 39.1. The summed E-state index contributed by atoms with van der Waals surface area (Å²) in [5.41, 5.74) is -0.681. The third-order valence-electron chi connectivity index (χ3n) is 5.80. The van der Waals surface area contributed by atoms with Gasteiger partial charge < -0.3 is 34.6 Å². The van der Waals surface area contributed by atoms with Gasteiger partial charge in [0.25, 0.3) is 0 Å². The maximum atomic E-state index is 10.1. The largest absolute Gasteiger partial charge is 0.394 e. The molecule has 8 atom stereocenters. The molecule has 1 saturated carbocycles. The van der Waals surface area contributed by atoms with E-state index in [9.17, 15) is 20.4 Å². The van der Waals surface area contributed by atoms with Crippen molar-refractivity contribution in [2.75, 3.05) is 6.61 Å². The molecule has 134 valence electrons. The second-order valence-corrected chi connectivity index (χ2v) is 7.81. The Bertz CT molecular complexity index is 440. The lowest BCUT2D eigenvalue weighted by Crippen LogP contribution is -2.65. The number of aliphatic hydroxyl groups excluding tert-OH is 4. The van der Waals surface area contributed by atoms with E-state index >= 15 is 0 Å². The van der Waals surface area contributed by atoms with Crippen LogP contribution >= 0.6 is 0 Å². The first-order valence-electron chi connectivity index (χ1n) is 8.34. The first kappa shape index (κ1) is 17.5. The van der Waals surface area contributed by atoms with Crippen molar-refractivity contribution in [3.05, 3.63) is 0 Å². The highest BCUT2D eigenvalue weighted by atomic mass is 16.7. The number of fused-ring (bicyclic) bond motifs is 3.